The van der Waals surface area contributed by atoms with Gasteiger partial charge in [-0.3, -0.25) is 34.1 Å². The molecule has 188 valence electrons. The van der Waals surface area contributed by atoms with Crippen LogP contribution in [0.2, 0.25) is 0 Å². The zero-order chi connectivity index (χ0) is 25.0. The highest BCUT2D eigenvalue weighted by atomic mass is 16.5. The number of hydrogen-bond donors (Lipinski definition) is 2. The third-order valence-electron chi connectivity index (χ3n) is 5.77. The fraction of sp³-hybridized carbons (Fsp3) is 0.417. The molecule has 11 nitrogen and oxygen atoms in total. The van der Waals surface area contributed by atoms with Gasteiger partial charge >= 0.3 is 5.97 Å². The van der Waals surface area contributed by atoms with Gasteiger partial charge in [0.25, 0.3) is 12.9 Å². The number of nitrogen functional groups attached to an aromatic ring is 1. The second-order valence-electron chi connectivity index (χ2n) is 8.43. The minimum Gasteiger partial charge on any atom is -0.480 e. The van der Waals surface area contributed by atoms with Crippen LogP contribution in [0.4, 0.5) is 5.69 Å². The number of aromatic nitrogens is 1. The molecule has 0 radical (unpaired) electrons. The van der Waals surface area contributed by atoms with Crippen LogP contribution >= 0.6 is 0 Å². The molecule has 35 heavy (non-hydrogen) atoms. The van der Waals surface area contributed by atoms with Crippen molar-refractivity contribution in [3.05, 3.63) is 59.4 Å². The van der Waals surface area contributed by atoms with Gasteiger partial charge in [-0.2, -0.15) is 0 Å². The van der Waals surface area contributed by atoms with Gasteiger partial charge in [-0.1, -0.05) is 18.2 Å². The van der Waals surface area contributed by atoms with Crippen LogP contribution < -0.4 is 5.73 Å². The van der Waals surface area contributed by atoms with E-state index in [1.807, 2.05) is 57.2 Å². The Morgan fingerprint density at radius 2 is 1.66 bits per heavy atom. The second-order valence-corrected chi connectivity index (χ2v) is 8.43. The Hall–Kier alpha value is -3.54. The maximum Gasteiger partial charge on any atom is 0.317 e. The number of ether oxygens (including phenoxy) is 2. The molecule has 0 saturated heterocycles. The number of carbonyl (C=O) groups excluding carboxylic acids is 2. The van der Waals surface area contributed by atoms with Crippen molar-refractivity contribution in [3.63, 3.8) is 0 Å². The predicted molar refractivity (Wildman–Crippen MR) is 127 cm³/mol. The quantitative estimate of drug-likeness (QED) is 0.360. The molecule has 1 aliphatic heterocycles. The molecule has 1 atom stereocenters. The van der Waals surface area contributed by atoms with Gasteiger partial charge in [0.05, 0.1) is 17.9 Å². The molecule has 0 amide bonds. The van der Waals surface area contributed by atoms with E-state index in [-0.39, 0.29) is 26.0 Å². The first-order valence-electron chi connectivity index (χ1n) is 11.3. The van der Waals surface area contributed by atoms with Gasteiger partial charge in [-0.15, -0.1) is 0 Å². The Kier molecular flexibility index (Phi) is 9.96. The zero-order valence-corrected chi connectivity index (χ0v) is 19.5. The lowest BCUT2D eigenvalue weighted by Crippen LogP contribution is -2.50. The third-order valence-corrected chi connectivity index (χ3v) is 5.77. The average Bonchev–Trinajstić information content (AvgIpc) is 2.82. The van der Waals surface area contributed by atoms with E-state index in [4.69, 9.17) is 20.2 Å². The van der Waals surface area contributed by atoms with Crippen molar-refractivity contribution in [1.82, 2.24) is 19.7 Å². The standard InChI is InChI=1S/C24H31N5O6/c25-20-6-4-19(5-7-20)10-23-13-28(14-24(32)33)12-22-3-1-2-21(26-22)11-27(15-34-17-30)8-9-29(23)16-35-18-31/h1-7,17-18,23H,8-16,25H2,(H,32,33). The molecule has 0 fully saturated rings. The van der Waals surface area contributed by atoms with Gasteiger partial charge in [0, 0.05) is 44.5 Å². The van der Waals surface area contributed by atoms with E-state index in [1.54, 1.807) is 0 Å². The van der Waals surface area contributed by atoms with Crippen molar-refractivity contribution in [1.29, 1.82) is 0 Å². The number of carboxylic acid groups (broad SMARTS) is 1. The molecule has 2 bridgehead atoms. The van der Waals surface area contributed by atoms with Crippen molar-refractivity contribution in [2.45, 2.75) is 25.6 Å². The molecule has 2 heterocycles. The summed E-state index contributed by atoms with van der Waals surface area (Å²) in [7, 11) is 0. The first-order valence-corrected chi connectivity index (χ1v) is 11.3. The van der Waals surface area contributed by atoms with Crippen LogP contribution in [-0.2, 0) is 43.4 Å². The van der Waals surface area contributed by atoms with E-state index in [0.29, 0.717) is 57.8 Å². The number of pyridine rings is 1. The van der Waals surface area contributed by atoms with Crippen LogP contribution in [0.25, 0.3) is 0 Å². The number of rotatable bonds is 10. The first-order chi connectivity index (χ1) is 17.0. The topological polar surface area (TPSA) is 139 Å². The van der Waals surface area contributed by atoms with Crippen LogP contribution in [0.15, 0.2) is 42.5 Å². The van der Waals surface area contributed by atoms with Crippen molar-refractivity contribution >= 4 is 24.6 Å². The predicted octanol–water partition coefficient (Wildman–Crippen LogP) is 0.540. The maximum absolute atomic E-state index is 11.7. The summed E-state index contributed by atoms with van der Waals surface area (Å²) in [5.41, 5.74) is 9.03. The van der Waals surface area contributed by atoms with Gasteiger partial charge < -0.3 is 20.3 Å². The van der Waals surface area contributed by atoms with Crippen molar-refractivity contribution < 1.29 is 29.0 Å². The van der Waals surface area contributed by atoms with Gasteiger partial charge in [0.15, 0.2) is 0 Å². The fourth-order valence-electron chi connectivity index (χ4n) is 4.15. The molecule has 3 N–H and O–H groups in total. The van der Waals surface area contributed by atoms with Gasteiger partial charge in [0.2, 0.25) is 0 Å². The number of nitrogens with zero attached hydrogens (tertiary/aromatic N) is 4. The molecule has 11 heteroatoms. The van der Waals surface area contributed by atoms with Gasteiger partial charge in [-0.25, -0.2) is 0 Å². The summed E-state index contributed by atoms with van der Waals surface area (Å²) in [4.78, 5) is 44.0. The number of carboxylic acids is 1. The third kappa shape index (κ3) is 8.63. The van der Waals surface area contributed by atoms with Crippen molar-refractivity contribution in [3.8, 4) is 0 Å². The number of aliphatic carboxylic acids is 1. The van der Waals surface area contributed by atoms with Crippen molar-refractivity contribution in [2.24, 2.45) is 0 Å². The number of fused-ring (bicyclic) bond motifs is 2. The molecule has 0 saturated carbocycles. The number of benzene rings is 1. The molecule has 0 spiro atoms. The lowest BCUT2D eigenvalue weighted by molar-refractivity contribution is -0.139. The minimum atomic E-state index is -0.938. The molecule has 1 aromatic heterocycles. The summed E-state index contributed by atoms with van der Waals surface area (Å²) in [5.74, 6) is -0.938. The molecule has 2 aromatic rings. The lowest BCUT2D eigenvalue weighted by atomic mass is 10.0. The minimum absolute atomic E-state index is 0.0377. The van der Waals surface area contributed by atoms with Crippen LogP contribution in [0.5, 0.6) is 0 Å². The molecule has 1 aromatic carbocycles. The summed E-state index contributed by atoms with van der Waals surface area (Å²) in [6.07, 6.45) is 0.580. The molecule has 1 unspecified atom stereocenters. The van der Waals surface area contributed by atoms with Crippen LogP contribution in [-0.4, -0.2) is 89.4 Å². The van der Waals surface area contributed by atoms with Gasteiger partial charge in [-0.05, 0) is 36.2 Å². The van der Waals surface area contributed by atoms with E-state index in [0.717, 1.165) is 17.0 Å². The highest BCUT2D eigenvalue weighted by Gasteiger charge is 2.25. The molecule has 0 aliphatic carbocycles. The Balaban J connectivity index is 1.95. The molecule has 1 aliphatic rings. The summed E-state index contributed by atoms with van der Waals surface area (Å²) in [6.45, 7) is 2.92. The van der Waals surface area contributed by atoms with E-state index in [2.05, 4.69) is 0 Å². The van der Waals surface area contributed by atoms with E-state index >= 15 is 0 Å². The Morgan fingerprint density at radius 1 is 1.00 bits per heavy atom. The zero-order valence-electron chi connectivity index (χ0n) is 19.5. The highest BCUT2D eigenvalue weighted by Crippen LogP contribution is 2.16. The van der Waals surface area contributed by atoms with E-state index in [9.17, 15) is 19.5 Å². The normalized spacial score (nSPS) is 18.1. The molecular weight excluding hydrogens is 454 g/mol. The smallest absolute Gasteiger partial charge is 0.317 e. The second kappa shape index (κ2) is 13.4. The average molecular weight is 486 g/mol. The molecule has 3 rings (SSSR count). The SMILES string of the molecule is Nc1ccc(CC2CN(CC(=O)O)Cc3cccc(n3)CN(COC=O)CCN2COC=O)cc1. The lowest BCUT2D eigenvalue weighted by Gasteiger charge is -2.36. The monoisotopic (exact) mass is 485 g/mol. The van der Waals surface area contributed by atoms with E-state index < -0.39 is 5.97 Å². The summed E-state index contributed by atoms with van der Waals surface area (Å²) in [6, 6.07) is 12.9. The Labute approximate surface area is 204 Å². The largest absolute Gasteiger partial charge is 0.480 e. The summed E-state index contributed by atoms with van der Waals surface area (Å²) >= 11 is 0. The van der Waals surface area contributed by atoms with Crippen LogP contribution in [0, 0.1) is 0 Å². The summed E-state index contributed by atoms with van der Waals surface area (Å²) < 4.78 is 10.1. The molecular formula is C24H31N5O6. The van der Waals surface area contributed by atoms with E-state index in [1.165, 1.54) is 0 Å². The maximum atomic E-state index is 11.7. The van der Waals surface area contributed by atoms with Gasteiger partial charge in [0.1, 0.15) is 13.5 Å². The number of carbonyl (C=O) groups is 3. The highest BCUT2D eigenvalue weighted by molar-refractivity contribution is 5.69. The number of hydrogen-bond acceptors (Lipinski definition) is 10. The summed E-state index contributed by atoms with van der Waals surface area (Å²) in [5, 5.41) is 9.55. The number of anilines is 1. The van der Waals surface area contributed by atoms with Crippen LogP contribution in [0.3, 0.4) is 0 Å². The number of nitrogens with two attached hydrogens (primary N) is 1. The van der Waals surface area contributed by atoms with Crippen LogP contribution in [0.1, 0.15) is 17.0 Å². The Bertz CT molecular complexity index is 973. The fourth-order valence-corrected chi connectivity index (χ4v) is 4.15. The Morgan fingerprint density at radius 3 is 2.31 bits per heavy atom. The first kappa shape index (κ1) is 26.1. The van der Waals surface area contributed by atoms with Crippen molar-refractivity contribution in [2.75, 3.05) is 45.4 Å².